The van der Waals surface area contributed by atoms with E-state index in [0.29, 0.717) is 18.0 Å². The van der Waals surface area contributed by atoms with Gasteiger partial charge in [-0.1, -0.05) is 0 Å². The molecule has 14 heteroatoms. The summed E-state index contributed by atoms with van der Waals surface area (Å²) in [6.45, 7) is 0. The van der Waals surface area contributed by atoms with Gasteiger partial charge in [-0.3, -0.25) is 14.2 Å². The van der Waals surface area contributed by atoms with Crippen LogP contribution in [0.25, 0.3) is 5.82 Å². The number of imidazole rings is 1. The summed E-state index contributed by atoms with van der Waals surface area (Å²) in [5, 5.41) is 22.2. The van der Waals surface area contributed by atoms with Gasteiger partial charge in [-0.05, 0) is 43.9 Å². The lowest BCUT2D eigenvalue weighted by atomic mass is 9.81. The number of aliphatic hydroxyl groups is 1. The Bertz CT molecular complexity index is 1260. The van der Waals surface area contributed by atoms with E-state index in [-0.39, 0.29) is 24.2 Å². The lowest BCUT2D eigenvalue weighted by molar-refractivity contribution is -0.270. The molecule has 1 aliphatic rings. The highest BCUT2D eigenvalue weighted by molar-refractivity contribution is 6.08. The van der Waals surface area contributed by atoms with Crippen LogP contribution >= 0.6 is 0 Å². The first-order valence-electron chi connectivity index (χ1n) is 10.7. The molecule has 3 N–H and O–H groups in total. The quantitative estimate of drug-likeness (QED) is 0.454. The molecule has 0 saturated heterocycles. The van der Waals surface area contributed by atoms with Crippen molar-refractivity contribution in [3.8, 4) is 5.82 Å². The molecule has 1 aliphatic carbocycles. The van der Waals surface area contributed by atoms with Crippen molar-refractivity contribution in [2.75, 3.05) is 5.32 Å². The van der Waals surface area contributed by atoms with Crippen LogP contribution in [0.3, 0.4) is 0 Å². The second-order valence-corrected chi connectivity index (χ2v) is 8.29. The second kappa shape index (κ2) is 9.60. The Kier molecular flexibility index (Phi) is 6.71. The van der Waals surface area contributed by atoms with E-state index in [1.165, 1.54) is 29.2 Å². The lowest BCUT2D eigenvalue weighted by Gasteiger charge is -2.37. The lowest BCUT2D eigenvalue weighted by Crippen LogP contribution is -2.51. The van der Waals surface area contributed by atoms with Gasteiger partial charge in [-0.2, -0.15) is 13.2 Å². The minimum Gasteiger partial charge on any atom is -0.380 e. The van der Waals surface area contributed by atoms with Crippen LogP contribution in [-0.4, -0.2) is 54.5 Å². The Balaban J connectivity index is 1.48. The number of halogens is 5. The van der Waals surface area contributed by atoms with E-state index < -0.39 is 59.7 Å². The van der Waals surface area contributed by atoms with Crippen molar-refractivity contribution in [3.63, 3.8) is 0 Å². The number of hydrogen-bond donors (Lipinski definition) is 3. The Morgan fingerprint density at radius 2 is 1.75 bits per heavy atom. The fourth-order valence-electron chi connectivity index (χ4n) is 3.79. The Morgan fingerprint density at radius 1 is 1.06 bits per heavy atom. The minimum absolute atomic E-state index is 0.186. The predicted octanol–water partition coefficient (Wildman–Crippen LogP) is 3.16. The SMILES string of the molecule is O=C(Nc1cc(F)c(F)cc1C(=O)NC1CCC(O)(C(F)(F)F)CC1)c1ccc(-n2ccnc2)nn1. The van der Waals surface area contributed by atoms with Gasteiger partial charge in [0.25, 0.3) is 11.8 Å². The third-order valence-corrected chi connectivity index (χ3v) is 5.88. The molecule has 0 atom stereocenters. The standard InChI is InChI=1S/C22H19F5N6O3/c23-14-9-13(19(34)29-12-3-5-21(36,6-4-12)22(25,26)27)17(10-15(14)24)30-20(35)16-1-2-18(32-31-16)33-8-7-28-11-33/h1-2,7-12,36H,3-6H2,(H,29,34)(H,30,35). The number of benzene rings is 1. The first kappa shape index (κ1) is 25.2. The fraction of sp³-hybridized carbons (Fsp3) is 0.318. The first-order valence-corrected chi connectivity index (χ1v) is 10.7. The second-order valence-electron chi connectivity index (χ2n) is 8.29. The van der Waals surface area contributed by atoms with Crippen LogP contribution in [0.2, 0.25) is 0 Å². The van der Waals surface area contributed by atoms with Crippen molar-refractivity contribution in [2.24, 2.45) is 0 Å². The molecular weight excluding hydrogens is 491 g/mol. The number of amides is 2. The van der Waals surface area contributed by atoms with Crippen molar-refractivity contribution < 1.29 is 36.6 Å². The van der Waals surface area contributed by atoms with Gasteiger partial charge >= 0.3 is 6.18 Å². The predicted molar refractivity (Wildman–Crippen MR) is 114 cm³/mol. The number of alkyl halides is 3. The number of nitrogens with one attached hydrogen (secondary N) is 2. The van der Waals surface area contributed by atoms with Crippen molar-refractivity contribution in [2.45, 2.75) is 43.5 Å². The van der Waals surface area contributed by atoms with E-state index in [0.717, 1.165) is 0 Å². The van der Waals surface area contributed by atoms with Gasteiger partial charge in [0, 0.05) is 24.5 Å². The summed E-state index contributed by atoms with van der Waals surface area (Å²) in [5.74, 6) is -4.14. The van der Waals surface area contributed by atoms with Gasteiger partial charge in [-0.25, -0.2) is 13.8 Å². The number of rotatable bonds is 5. The van der Waals surface area contributed by atoms with Crippen LogP contribution < -0.4 is 10.6 Å². The van der Waals surface area contributed by atoms with Crippen LogP contribution in [0.1, 0.15) is 46.5 Å². The van der Waals surface area contributed by atoms with Crippen LogP contribution in [0.15, 0.2) is 43.0 Å². The molecule has 4 rings (SSSR count). The molecule has 2 amide bonds. The molecule has 0 radical (unpaired) electrons. The number of hydrogen-bond acceptors (Lipinski definition) is 6. The van der Waals surface area contributed by atoms with E-state index in [9.17, 15) is 36.6 Å². The van der Waals surface area contributed by atoms with Gasteiger partial charge in [0.05, 0.1) is 11.3 Å². The molecule has 0 bridgehead atoms. The monoisotopic (exact) mass is 510 g/mol. The molecule has 9 nitrogen and oxygen atoms in total. The number of nitrogens with zero attached hydrogens (tertiary/aromatic N) is 4. The molecule has 36 heavy (non-hydrogen) atoms. The van der Waals surface area contributed by atoms with Gasteiger partial charge in [0.1, 0.15) is 6.33 Å². The van der Waals surface area contributed by atoms with Crippen molar-refractivity contribution >= 4 is 17.5 Å². The highest BCUT2D eigenvalue weighted by Gasteiger charge is 2.54. The van der Waals surface area contributed by atoms with Crippen LogP contribution in [0.5, 0.6) is 0 Å². The summed E-state index contributed by atoms with van der Waals surface area (Å²) in [4.78, 5) is 29.3. The third kappa shape index (κ3) is 5.17. The van der Waals surface area contributed by atoms with E-state index in [1.807, 2.05) is 0 Å². The normalized spacial score (nSPS) is 20.1. The molecule has 1 aromatic carbocycles. The van der Waals surface area contributed by atoms with Gasteiger partial charge in [0.15, 0.2) is 28.7 Å². The average molecular weight is 510 g/mol. The van der Waals surface area contributed by atoms with Gasteiger partial charge in [0.2, 0.25) is 0 Å². The molecule has 190 valence electrons. The highest BCUT2D eigenvalue weighted by atomic mass is 19.4. The summed E-state index contributed by atoms with van der Waals surface area (Å²) in [6, 6.07) is 3.22. The van der Waals surface area contributed by atoms with E-state index >= 15 is 0 Å². The Morgan fingerprint density at radius 3 is 2.33 bits per heavy atom. The minimum atomic E-state index is -4.81. The van der Waals surface area contributed by atoms with Crippen LogP contribution in [0.4, 0.5) is 27.6 Å². The van der Waals surface area contributed by atoms with Gasteiger partial charge in [-0.15, -0.1) is 10.2 Å². The molecule has 3 aromatic rings. The molecular formula is C22H19F5N6O3. The Labute approximate surface area is 200 Å². The molecule has 1 fully saturated rings. The number of anilines is 1. The van der Waals surface area contributed by atoms with E-state index in [2.05, 4.69) is 25.8 Å². The maximum atomic E-state index is 13.9. The maximum Gasteiger partial charge on any atom is 0.417 e. The molecule has 2 aromatic heterocycles. The van der Waals surface area contributed by atoms with Crippen molar-refractivity contribution in [3.05, 3.63) is 65.9 Å². The Hall–Kier alpha value is -3.94. The summed E-state index contributed by atoms with van der Waals surface area (Å²) in [6.07, 6.45) is -1.86. The first-order chi connectivity index (χ1) is 17.0. The molecule has 0 unspecified atom stereocenters. The molecule has 1 saturated carbocycles. The summed E-state index contributed by atoms with van der Waals surface area (Å²) in [7, 11) is 0. The zero-order valence-corrected chi connectivity index (χ0v) is 18.4. The number of aromatic nitrogens is 4. The number of carbonyl (C=O) groups excluding carboxylic acids is 2. The average Bonchev–Trinajstić information content (AvgIpc) is 3.37. The van der Waals surface area contributed by atoms with E-state index in [1.54, 1.807) is 6.20 Å². The third-order valence-electron chi connectivity index (χ3n) is 5.88. The van der Waals surface area contributed by atoms with Crippen LogP contribution in [-0.2, 0) is 0 Å². The molecule has 0 aliphatic heterocycles. The largest absolute Gasteiger partial charge is 0.417 e. The smallest absolute Gasteiger partial charge is 0.380 e. The van der Waals surface area contributed by atoms with E-state index in [4.69, 9.17) is 0 Å². The van der Waals surface area contributed by atoms with Gasteiger partial charge < -0.3 is 15.7 Å². The summed E-state index contributed by atoms with van der Waals surface area (Å²) < 4.78 is 68.4. The van der Waals surface area contributed by atoms with Crippen molar-refractivity contribution in [1.29, 1.82) is 0 Å². The topological polar surface area (TPSA) is 122 Å². The zero-order valence-electron chi connectivity index (χ0n) is 18.4. The summed E-state index contributed by atoms with van der Waals surface area (Å²) in [5.41, 5.74) is -3.85. The summed E-state index contributed by atoms with van der Waals surface area (Å²) >= 11 is 0. The molecule has 0 spiro atoms. The number of carbonyl (C=O) groups is 2. The fourth-order valence-corrected chi connectivity index (χ4v) is 3.79. The maximum absolute atomic E-state index is 13.9. The van der Waals surface area contributed by atoms with Crippen LogP contribution in [0, 0.1) is 11.6 Å². The highest BCUT2D eigenvalue weighted by Crippen LogP contribution is 2.41. The van der Waals surface area contributed by atoms with Crippen molar-refractivity contribution in [1.82, 2.24) is 25.1 Å². The molecule has 2 heterocycles. The zero-order chi connectivity index (χ0) is 26.1.